The monoisotopic (exact) mass is 381 g/mol. The molecule has 2 amide bonds. The number of hydrogen-bond donors (Lipinski definition) is 0. The van der Waals surface area contributed by atoms with Gasteiger partial charge in [-0.25, -0.2) is 4.39 Å². The maximum Gasteiger partial charge on any atom is 0.416 e. The fourth-order valence-electron chi connectivity index (χ4n) is 2.36. The second-order valence-electron chi connectivity index (χ2n) is 5.52. The van der Waals surface area contributed by atoms with Crippen LogP contribution in [-0.2, 0) is 17.5 Å². The van der Waals surface area contributed by atoms with Crippen LogP contribution in [0, 0.1) is 5.82 Å². The third kappa shape index (κ3) is 3.96. The zero-order valence-corrected chi connectivity index (χ0v) is 13.9. The van der Waals surface area contributed by atoms with Crippen molar-refractivity contribution in [1.29, 1.82) is 0 Å². The molecule has 0 atom stereocenters. The number of thioether (sulfide) groups is 1. The van der Waals surface area contributed by atoms with Gasteiger partial charge in [0, 0.05) is 0 Å². The Kier molecular flexibility index (Phi) is 4.86. The Hall–Kier alpha value is -2.61. The minimum absolute atomic E-state index is 0.0368. The van der Waals surface area contributed by atoms with Crippen molar-refractivity contribution < 1.29 is 27.2 Å². The molecule has 0 unspecified atom stereocenters. The van der Waals surface area contributed by atoms with E-state index in [2.05, 4.69) is 0 Å². The van der Waals surface area contributed by atoms with Crippen molar-refractivity contribution in [3.8, 4) is 0 Å². The maximum atomic E-state index is 12.9. The molecule has 1 aliphatic rings. The van der Waals surface area contributed by atoms with E-state index >= 15 is 0 Å². The number of hydrogen-bond acceptors (Lipinski definition) is 3. The molecule has 0 bridgehead atoms. The molecule has 0 spiro atoms. The molecule has 0 aromatic heterocycles. The quantitative estimate of drug-likeness (QED) is 0.550. The highest BCUT2D eigenvalue weighted by Gasteiger charge is 2.35. The topological polar surface area (TPSA) is 37.4 Å². The van der Waals surface area contributed by atoms with Crippen LogP contribution < -0.4 is 0 Å². The molecule has 1 heterocycles. The van der Waals surface area contributed by atoms with Crippen LogP contribution in [0.5, 0.6) is 0 Å². The Labute approximate surface area is 150 Å². The van der Waals surface area contributed by atoms with E-state index in [1.54, 1.807) is 0 Å². The van der Waals surface area contributed by atoms with Gasteiger partial charge in [0.25, 0.3) is 11.1 Å². The van der Waals surface area contributed by atoms with Crippen molar-refractivity contribution in [2.75, 3.05) is 0 Å². The number of carbonyl (C=O) groups is 2. The lowest BCUT2D eigenvalue weighted by molar-refractivity contribution is -0.137. The van der Waals surface area contributed by atoms with Gasteiger partial charge in [-0.3, -0.25) is 14.5 Å². The summed E-state index contributed by atoms with van der Waals surface area (Å²) >= 11 is 0.656. The molecule has 0 saturated carbocycles. The number of halogens is 4. The molecule has 0 N–H and O–H groups in total. The van der Waals surface area contributed by atoms with Crippen LogP contribution in [0.2, 0.25) is 0 Å². The van der Waals surface area contributed by atoms with Gasteiger partial charge in [0.05, 0.1) is 17.0 Å². The molecule has 3 nitrogen and oxygen atoms in total. The highest BCUT2D eigenvalue weighted by Crippen LogP contribution is 2.34. The standard InChI is InChI=1S/C18H11F4NO2S/c19-14-6-4-11(5-7-14)10-23-16(24)15(26-17(23)25)9-12-2-1-3-13(8-12)18(20,21)22/h1-9H,10H2/b15-9-. The lowest BCUT2D eigenvalue weighted by Gasteiger charge is -2.12. The minimum Gasteiger partial charge on any atom is -0.268 e. The molecule has 0 radical (unpaired) electrons. The summed E-state index contributed by atoms with van der Waals surface area (Å²) in [5, 5.41) is -0.530. The van der Waals surface area contributed by atoms with Crippen LogP contribution in [0.25, 0.3) is 6.08 Å². The van der Waals surface area contributed by atoms with Crippen molar-refractivity contribution in [3.63, 3.8) is 0 Å². The molecule has 26 heavy (non-hydrogen) atoms. The average molecular weight is 381 g/mol. The summed E-state index contributed by atoms with van der Waals surface area (Å²) in [7, 11) is 0. The van der Waals surface area contributed by atoms with Crippen LogP contribution in [0.4, 0.5) is 22.4 Å². The Morgan fingerprint density at radius 3 is 2.38 bits per heavy atom. The van der Waals surface area contributed by atoms with E-state index in [1.165, 1.54) is 42.5 Å². The maximum absolute atomic E-state index is 12.9. The minimum atomic E-state index is -4.49. The second-order valence-corrected chi connectivity index (χ2v) is 6.51. The summed E-state index contributed by atoms with van der Waals surface area (Å²) in [6.07, 6.45) is -3.24. The van der Waals surface area contributed by atoms with Gasteiger partial charge >= 0.3 is 6.18 Å². The molecule has 0 aliphatic carbocycles. The van der Waals surface area contributed by atoms with E-state index in [-0.39, 0.29) is 17.0 Å². The van der Waals surface area contributed by atoms with Crippen molar-refractivity contribution in [2.45, 2.75) is 12.7 Å². The van der Waals surface area contributed by atoms with E-state index in [4.69, 9.17) is 0 Å². The molecule has 1 fully saturated rings. The van der Waals surface area contributed by atoms with Gasteiger partial charge < -0.3 is 0 Å². The van der Waals surface area contributed by atoms with E-state index in [0.29, 0.717) is 17.3 Å². The van der Waals surface area contributed by atoms with Gasteiger partial charge in [-0.2, -0.15) is 13.2 Å². The van der Waals surface area contributed by atoms with Crippen molar-refractivity contribution in [3.05, 3.63) is 75.9 Å². The Morgan fingerprint density at radius 1 is 1.04 bits per heavy atom. The highest BCUT2D eigenvalue weighted by atomic mass is 32.2. The summed E-state index contributed by atoms with van der Waals surface area (Å²) in [4.78, 5) is 25.5. The third-order valence-corrected chi connectivity index (χ3v) is 4.55. The summed E-state index contributed by atoms with van der Waals surface area (Å²) in [5.41, 5.74) is -0.0992. The predicted molar refractivity (Wildman–Crippen MR) is 89.4 cm³/mol. The van der Waals surface area contributed by atoms with Crippen LogP contribution in [0.3, 0.4) is 0 Å². The summed E-state index contributed by atoms with van der Waals surface area (Å²) in [6.45, 7) is -0.0368. The molecule has 3 rings (SSSR count). The normalized spacial score (nSPS) is 16.6. The first-order chi connectivity index (χ1) is 12.2. The highest BCUT2D eigenvalue weighted by molar-refractivity contribution is 8.18. The van der Waals surface area contributed by atoms with Crippen LogP contribution in [0.1, 0.15) is 16.7 Å². The van der Waals surface area contributed by atoms with Gasteiger partial charge in [0.1, 0.15) is 5.82 Å². The number of benzene rings is 2. The number of nitrogens with zero attached hydrogens (tertiary/aromatic N) is 1. The van der Waals surface area contributed by atoms with Gasteiger partial charge in [-0.15, -0.1) is 0 Å². The third-order valence-electron chi connectivity index (χ3n) is 3.64. The summed E-state index contributed by atoms with van der Waals surface area (Å²) < 4.78 is 51.2. The number of alkyl halides is 3. The van der Waals surface area contributed by atoms with Gasteiger partial charge in [0.15, 0.2) is 0 Å². The molecule has 8 heteroatoms. The first-order valence-corrected chi connectivity index (χ1v) is 8.23. The Morgan fingerprint density at radius 2 is 1.73 bits per heavy atom. The molecular formula is C18H11F4NO2S. The molecule has 1 saturated heterocycles. The zero-order chi connectivity index (χ0) is 18.9. The number of carbonyl (C=O) groups excluding carboxylic acids is 2. The fourth-order valence-corrected chi connectivity index (χ4v) is 3.20. The molecule has 134 valence electrons. The van der Waals surface area contributed by atoms with E-state index < -0.39 is 28.7 Å². The number of rotatable bonds is 3. The fraction of sp³-hybridized carbons (Fsp3) is 0.111. The van der Waals surface area contributed by atoms with E-state index in [1.807, 2.05) is 0 Å². The molecule has 1 aliphatic heterocycles. The second kappa shape index (κ2) is 6.95. The van der Waals surface area contributed by atoms with Gasteiger partial charge in [-0.05, 0) is 53.2 Å². The Balaban J connectivity index is 1.82. The van der Waals surface area contributed by atoms with E-state index in [0.717, 1.165) is 17.0 Å². The smallest absolute Gasteiger partial charge is 0.268 e. The van der Waals surface area contributed by atoms with Gasteiger partial charge in [0.2, 0.25) is 0 Å². The zero-order valence-electron chi connectivity index (χ0n) is 13.1. The summed E-state index contributed by atoms with van der Waals surface area (Å²) in [5.74, 6) is -1.03. The number of imide groups is 1. The van der Waals surface area contributed by atoms with E-state index in [9.17, 15) is 27.2 Å². The Bertz CT molecular complexity index is 891. The van der Waals surface area contributed by atoms with Gasteiger partial charge in [-0.1, -0.05) is 24.3 Å². The SMILES string of the molecule is O=C1S/C(=C\c2cccc(C(F)(F)F)c2)C(=O)N1Cc1ccc(F)cc1. The number of amides is 2. The van der Waals surface area contributed by atoms with Crippen LogP contribution in [-0.4, -0.2) is 16.0 Å². The molecule has 2 aromatic carbocycles. The lowest BCUT2D eigenvalue weighted by Crippen LogP contribution is -2.27. The molecule has 2 aromatic rings. The van der Waals surface area contributed by atoms with Crippen LogP contribution >= 0.6 is 11.8 Å². The first kappa shape index (κ1) is 18.2. The average Bonchev–Trinajstić information content (AvgIpc) is 2.84. The van der Waals surface area contributed by atoms with Crippen molar-refractivity contribution >= 4 is 29.0 Å². The molecular weight excluding hydrogens is 370 g/mol. The van der Waals surface area contributed by atoms with Crippen LogP contribution in [0.15, 0.2) is 53.4 Å². The summed E-state index contributed by atoms with van der Waals surface area (Å²) in [6, 6.07) is 9.83. The first-order valence-electron chi connectivity index (χ1n) is 7.41. The lowest BCUT2D eigenvalue weighted by atomic mass is 10.1. The van der Waals surface area contributed by atoms with Crippen molar-refractivity contribution in [1.82, 2.24) is 4.90 Å². The van der Waals surface area contributed by atoms with Crippen molar-refractivity contribution in [2.24, 2.45) is 0 Å². The predicted octanol–water partition coefficient (Wildman–Crippen LogP) is 5.08. The largest absolute Gasteiger partial charge is 0.416 e.